The van der Waals surface area contributed by atoms with E-state index in [-0.39, 0.29) is 13.2 Å². The molecule has 0 atom stereocenters. The first kappa shape index (κ1) is 13.1. The van der Waals surface area contributed by atoms with Crippen LogP contribution >= 0.6 is 0 Å². The molecule has 0 heterocycles. The molecule has 1 N–H and O–H groups in total. The number of esters is 1. The minimum atomic E-state index is -0.866. The quantitative estimate of drug-likeness (QED) is 0.810. The van der Waals surface area contributed by atoms with Gasteiger partial charge < -0.3 is 10.1 Å². The van der Waals surface area contributed by atoms with Gasteiger partial charge in [-0.1, -0.05) is 0 Å². The van der Waals surface area contributed by atoms with Crippen LogP contribution in [0.3, 0.4) is 0 Å². The molecule has 0 aromatic heterocycles. The molecule has 0 saturated carbocycles. The molecule has 0 saturated heterocycles. The second-order valence-corrected chi connectivity index (χ2v) is 3.11. The van der Waals surface area contributed by atoms with Gasteiger partial charge in [-0.25, -0.2) is 8.78 Å². The summed E-state index contributed by atoms with van der Waals surface area (Å²) < 4.78 is 30.5. The van der Waals surface area contributed by atoms with Gasteiger partial charge in [0.25, 0.3) is 5.91 Å². The van der Waals surface area contributed by atoms with Crippen molar-refractivity contribution < 1.29 is 23.1 Å². The number of hydrogen-bond donors (Lipinski definition) is 1. The van der Waals surface area contributed by atoms with Crippen LogP contribution in [-0.4, -0.2) is 25.0 Å². The summed E-state index contributed by atoms with van der Waals surface area (Å²) in [5.74, 6) is -3.09. The third-order valence-electron chi connectivity index (χ3n) is 1.87. The lowest BCUT2D eigenvalue weighted by Gasteiger charge is -2.05. The first-order valence-electron chi connectivity index (χ1n) is 4.93. The molecule has 0 bridgehead atoms. The highest BCUT2D eigenvalue weighted by Crippen LogP contribution is 2.09. The smallest absolute Gasteiger partial charge is 0.325 e. The SMILES string of the molecule is CCOC(=O)CNC(=O)c1cc(F)ccc1F. The summed E-state index contributed by atoms with van der Waals surface area (Å²) in [6, 6.07) is 2.50. The molecule has 1 amide bonds. The molecule has 92 valence electrons. The van der Waals surface area contributed by atoms with E-state index >= 15 is 0 Å². The molecule has 0 aliphatic rings. The Morgan fingerprint density at radius 1 is 1.35 bits per heavy atom. The molecule has 0 unspecified atom stereocenters. The van der Waals surface area contributed by atoms with Gasteiger partial charge in [0.1, 0.15) is 18.2 Å². The summed E-state index contributed by atoms with van der Waals surface area (Å²) in [7, 11) is 0. The summed E-state index contributed by atoms with van der Waals surface area (Å²) in [6.07, 6.45) is 0. The maximum atomic E-state index is 13.1. The summed E-state index contributed by atoms with van der Waals surface area (Å²) in [5.41, 5.74) is -0.450. The van der Waals surface area contributed by atoms with E-state index in [1.807, 2.05) is 0 Å². The normalized spacial score (nSPS) is 9.82. The Bertz CT molecular complexity index is 435. The van der Waals surface area contributed by atoms with Crippen LogP contribution in [-0.2, 0) is 9.53 Å². The lowest BCUT2D eigenvalue weighted by molar-refractivity contribution is -0.141. The number of carbonyl (C=O) groups excluding carboxylic acids is 2. The van der Waals surface area contributed by atoms with Gasteiger partial charge in [-0.15, -0.1) is 0 Å². The zero-order valence-electron chi connectivity index (χ0n) is 9.13. The molecule has 4 nitrogen and oxygen atoms in total. The van der Waals surface area contributed by atoms with Gasteiger partial charge in [-0.3, -0.25) is 9.59 Å². The molecule has 17 heavy (non-hydrogen) atoms. The molecule has 1 aromatic rings. The highest BCUT2D eigenvalue weighted by atomic mass is 19.1. The molecule has 0 fully saturated rings. The Labute approximate surface area is 96.6 Å². The predicted molar refractivity (Wildman–Crippen MR) is 55.3 cm³/mol. The maximum Gasteiger partial charge on any atom is 0.325 e. The van der Waals surface area contributed by atoms with E-state index in [0.29, 0.717) is 0 Å². The molecule has 0 spiro atoms. The lowest BCUT2D eigenvalue weighted by Crippen LogP contribution is -2.31. The molecule has 0 radical (unpaired) electrons. The van der Waals surface area contributed by atoms with Gasteiger partial charge in [-0.05, 0) is 25.1 Å². The number of nitrogens with one attached hydrogen (secondary N) is 1. The van der Waals surface area contributed by atoms with E-state index in [1.165, 1.54) is 0 Å². The van der Waals surface area contributed by atoms with E-state index in [9.17, 15) is 18.4 Å². The topological polar surface area (TPSA) is 55.4 Å². The number of ether oxygens (including phenoxy) is 1. The van der Waals surface area contributed by atoms with Gasteiger partial charge >= 0.3 is 5.97 Å². The highest BCUT2D eigenvalue weighted by Gasteiger charge is 2.13. The Morgan fingerprint density at radius 2 is 2.06 bits per heavy atom. The van der Waals surface area contributed by atoms with Crippen molar-refractivity contribution in [2.75, 3.05) is 13.2 Å². The number of amides is 1. The van der Waals surface area contributed by atoms with Crippen molar-refractivity contribution in [3.8, 4) is 0 Å². The first-order valence-corrected chi connectivity index (χ1v) is 4.93. The molecule has 1 aromatic carbocycles. The molecule has 0 aliphatic carbocycles. The summed E-state index contributed by atoms with van der Waals surface area (Å²) in [5, 5.41) is 2.13. The van der Waals surface area contributed by atoms with Gasteiger partial charge in [0, 0.05) is 0 Å². The average Bonchev–Trinajstić information content (AvgIpc) is 2.29. The van der Waals surface area contributed by atoms with Crippen LogP contribution in [0.15, 0.2) is 18.2 Å². The minimum Gasteiger partial charge on any atom is -0.465 e. The van der Waals surface area contributed by atoms with E-state index in [0.717, 1.165) is 18.2 Å². The van der Waals surface area contributed by atoms with Crippen LogP contribution in [0.5, 0.6) is 0 Å². The van der Waals surface area contributed by atoms with Crippen molar-refractivity contribution in [2.24, 2.45) is 0 Å². The van der Waals surface area contributed by atoms with Crippen LogP contribution in [0, 0.1) is 11.6 Å². The number of halogens is 2. The third kappa shape index (κ3) is 3.82. The molecular formula is C11H11F2NO3. The van der Waals surface area contributed by atoms with Gasteiger partial charge in [0.05, 0.1) is 12.2 Å². The molecule has 1 rings (SSSR count). The molecule has 6 heteroatoms. The fraction of sp³-hybridized carbons (Fsp3) is 0.273. The molecule has 0 aliphatic heterocycles. The van der Waals surface area contributed by atoms with Crippen molar-refractivity contribution in [3.63, 3.8) is 0 Å². The van der Waals surface area contributed by atoms with E-state index in [4.69, 9.17) is 0 Å². The number of hydrogen-bond acceptors (Lipinski definition) is 3. The Morgan fingerprint density at radius 3 is 2.71 bits per heavy atom. The first-order chi connectivity index (χ1) is 8.04. The maximum absolute atomic E-state index is 13.1. The second kappa shape index (κ2) is 5.93. The lowest BCUT2D eigenvalue weighted by atomic mass is 10.2. The number of rotatable bonds is 4. The standard InChI is InChI=1S/C11H11F2NO3/c1-2-17-10(15)6-14-11(16)8-5-7(12)3-4-9(8)13/h3-5H,2,6H2,1H3,(H,14,16). The van der Waals surface area contributed by atoms with Crippen molar-refractivity contribution in [3.05, 3.63) is 35.4 Å². The van der Waals surface area contributed by atoms with E-state index in [1.54, 1.807) is 6.92 Å². The fourth-order valence-corrected chi connectivity index (χ4v) is 1.13. The minimum absolute atomic E-state index is 0.184. The van der Waals surface area contributed by atoms with Crippen LogP contribution in [0.25, 0.3) is 0 Å². The Kier molecular flexibility index (Phi) is 4.56. The fourth-order valence-electron chi connectivity index (χ4n) is 1.13. The summed E-state index contributed by atoms with van der Waals surface area (Å²) in [4.78, 5) is 22.3. The van der Waals surface area contributed by atoms with Gasteiger partial charge in [-0.2, -0.15) is 0 Å². The molecular weight excluding hydrogens is 232 g/mol. The Hall–Kier alpha value is -1.98. The summed E-state index contributed by atoms with van der Waals surface area (Å²) >= 11 is 0. The third-order valence-corrected chi connectivity index (χ3v) is 1.87. The van der Waals surface area contributed by atoms with E-state index in [2.05, 4.69) is 10.1 Å². The highest BCUT2D eigenvalue weighted by molar-refractivity contribution is 5.96. The summed E-state index contributed by atoms with van der Waals surface area (Å²) in [6.45, 7) is 1.41. The van der Waals surface area contributed by atoms with Crippen LogP contribution in [0.4, 0.5) is 8.78 Å². The van der Waals surface area contributed by atoms with Crippen LogP contribution < -0.4 is 5.32 Å². The zero-order valence-corrected chi connectivity index (χ0v) is 9.13. The number of benzene rings is 1. The largest absolute Gasteiger partial charge is 0.465 e. The zero-order chi connectivity index (χ0) is 12.8. The number of carbonyl (C=O) groups is 2. The van der Waals surface area contributed by atoms with Crippen molar-refractivity contribution in [1.82, 2.24) is 5.32 Å². The Balaban J connectivity index is 2.64. The predicted octanol–water partition coefficient (Wildman–Crippen LogP) is 1.26. The van der Waals surface area contributed by atoms with Crippen LogP contribution in [0.1, 0.15) is 17.3 Å². The van der Waals surface area contributed by atoms with Gasteiger partial charge in [0.15, 0.2) is 0 Å². The monoisotopic (exact) mass is 243 g/mol. The van der Waals surface area contributed by atoms with Crippen molar-refractivity contribution in [2.45, 2.75) is 6.92 Å². The van der Waals surface area contributed by atoms with Crippen molar-refractivity contribution >= 4 is 11.9 Å². The average molecular weight is 243 g/mol. The van der Waals surface area contributed by atoms with Gasteiger partial charge in [0.2, 0.25) is 0 Å². The van der Waals surface area contributed by atoms with Crippen molar-refractivity contribution in [1.29, 1.82) is 0 Å². The van der Waals surface area contributed by atoms with E-state index < -0.39 is 29.1 Å². The second-order valence-electron chi connectivity index (χ2n) is 3.11. The van der Waals surface area contributed by atoms with Crippen LogP contribution in [0.2, 0.25) is 0 Å².